The number of nitrogens with zero attached hydrogens (tertiary/aromatic N) is 1. The van der Waals surface area contributed by atoms with Crippen molar-refractivity contribution in [2.45, 2.75) is 25.6 Å². The van der Waals surface area contributed by atoms with Crippen LogP contribution in [-0.2, 0) is 24.0 Å². The molecule has 1 aromatic rings. The molecule has 2 atom stereocenters. The van der Waals surface area contributed by atoms with E-state index in [1.165, 1.54) is 28.0 Å². The van der Waals surface area contributed by atoms with E-state index in [9.17, 15) is 19.5 Å². The number of esters is 1. The van der Waals surface area contributed by atoms with E-state index in [4.69, 9.17) is 9.57 Å². The van der Waals surface area contributed by atoms with Crippen LogP contribution in [0.5, 0.6) is 0 Å². The molecule has 1 rings (SSSR count). The van der Waals surface area contributed by atoms with E-state index in [0.717, 1.165) is 5.06 Å². The van der Waals surface area contributed by atoms with Crippen LogP contribution in [0, 0.1) is 0 Å². The van der Waals surface area contributed by atoms with Gasteiger partial charge in [0.15, 0.2) is 5.60 Å². The Morgan fingerprint density at radius 2 is 1.88 bits per heavy atom. The topological polar surface area (TPSA) is 105 Å². The highest BCUT2D eigenvalue weighted by Gasteiger charge is 2.35. The van der Waals surface area contributed by atoms with Gasteiger partial charge in [-0.2, -0.15) is 0 Å². The first kappa shape index (κ1) is 19.6. The van der Waals surface area contributed by atoms with Crippen LogP contribution in [0.15, 0.2) is 30.3 Å². The lowest BCUT2D eigenvalue weighted by Crippen LogP contribution is -2.52. The smallest absolute Gasteiger partial charge is 0.303 e. The van der Waals surface area contributed by atoms with E-state index in [1.807, 2.05) is 0 Å². The second-order valence-corrected chi connectivity index (χ2v) is 5.38. The molecule has 0 aliphatic heterocycles. The molecule has 0 saturated carbocycles. The van der Waals surface area contributed by atoms with Crippen LogP contribution in [0.1, 0.15) is 25.5 Å². The molecule has 0 radical (unpaired) electrons. The molecule has 0 heterocycles. The van der Waals surface area contributed by atoms with Gasteiger partial charge in [-0.25, -0.2) is 5.06 Å². The highest BCUT2D eigenvalue weighted by atomic mass is 16.7. The van der Waals surface area contributed by atoms with Crippen molar-refractivity contribution in [2.24, 2.45) is 0 Å². The Kier molecular flexibility index (Phi) is 6.87. The number of benzene rings is 1. The molecule has 2 amide bonds. The molecule has 8 nitrogen and oxygen atoms in total. The van der Waals surface area contributed by atoms with Gasteiger partial charge in [0.05, 0.1) is 13.7 Å². The number of nitrogens with one attached hydrogen (secondary N) is 1. The number of hydroxylamine groups is 2. The van der Waals surface area contributed by atoms with Crippen LogP contribution in [0.25, 0.3) is 0 Å². The Hall–Kier alpha value is -2.45. The summed E-state index contributed by atoms with van der Waals surface area (Å²) in [5.41, 5.74) is -1.40. The second kappa shape index (κ2) is 8.42. The molecule has 1 aromatic carbocycles. The SMILES string of the molecule is CON(C)C(=O)[C@](C)(O)CNC(=O)[C@H](OC(C)=O)c1ccccc1. The molecule has 0 spiro atoms. The summed E-state index contributed by atoms with van der Waals surface area (Å²) in [7, 11) is 2.61. The second-order valence-electron chi connectivity index (χ2n) is 5.38. The fraction of sp³-hybridized carbons (Fsp3) is 0.438. The van der Waals surface area contributed by atoms with Gasteiger partial charge in [-0.05, 0) is 6.92 Å². The number of amides is 2. The van der Waals surface area contributed by atoms with Crippen LogP contribution in [-0.4, -0.2) is 54.3 Å². The quantitative estimate of drug-likeness (QED) is 0.543. The number of ether oxygens (including phenoxy) is 1. The third kappa shape index (κ3) is 5.32. The van der Waals surface area contributed by atoms with Crippen molar-refractivity contribution in [3.63, 3.8) is 0 Å². The number of hydrogen-bond acceptors (Lipinski definition) is 6. The highest BCUT2D eigenvalue weighted by Crippen LogP contribution is 2.18. The fourth-order valence-corrected chi connectivity index (χ4v) is 1.92. The molecule has 2 N–H and O–H groups in total. The van der Waals surface area contributed by atoms with Crippen molar-refractivity contribution in [3.8, 4) is 0 Å². The van der Waals surface area contributed by atoms with Crippen molar-refractivity contribution in [3.05, 3.63) is 35.9 Å². The average molecular weight is 338 g/mol. The Bertz CT molecular complexity index is 587. The Balaban J connectivity index is 2.82. The van der Waals surface area contributed by atoms with Gasteiger partial charge in [-0.1, -0.05) is 30.3 Å². The number of rotatable bonds is 7. The zero-order valence-corrected chi connectivity index (χ0v) is 14.1. The zero-order chi connectivity index (χ0) is 18.3. The Morgan fingerprint density at radius 3 is 2.38 bits per heavy atom. The van der Waals surface area contributed by atoms with Crippen LogP contribution in [0.3, 0.4) is 0 Å². The normalized spacial score (nSPS) is 14.2. The highest BCUT2D eigenvalue weighted by molar-refractivity contribution is 5.87. The first-order valence-corrected chi connectivity index (χ1v) is 7.23. The van der Waals surface area contributed by atoms with Gasteiger partial charge in [0.25, 0.3) is 11.8 Å². The van der Waals surface area contributed by atoms with Crippen molar-refractivity contribution >= 4 is 17.8 Å². The molecule has 24 heavy (non-hydrogen) atoms. The van der Waals surface area contributed by atoms with Crippen molar-refractivity contribution in [1.29, 1.82) is 0 Å². The number of carbonyl (C=O) groups excluding carboxylic acids is 3. The molecule has 132 valence electrons. The monoisotopic (exact) mass is 338 g/mol. The maximum Gasteiger partial charge on any atom is 0.303 e. The van der Waals surface area contributed by atoms with E-state index in [-0.39, 0.29) is 6.54 Å². The molecule has 8 heteroatoms. The minimum absolute atomic E-state index is 0.372. The summed E-state index contributed by atoms with van der Waals surface area (Å²) in [6.45, 7) is 2.06. The van der Waals surface area contributed by atoms with Gasteiger partial charge in [0.2, 0.25) is 6.10 Å². The third-order valence-electron chi connectivity index (χ3n) is 3.25. The Labute approximate surface area is 140 Å². The summed E-state index contributed by atoms with van der Waals surface area (Å²) >= 11 is 0. The Morgan fingerprint density at radius 1 is 1.29 bits per heavy atom. The minimum Gasteiger partial charge on any atom is -0.447 e. The summed E-state index contributed by atoms with van der Waals surface area (Å²) < 4.78 is 5.04. The molecule has 0 fully saturated rings. The van der Waals surface area contributed by atoms with Crippen LogP contribution in [0.4, 0.5) is 0 Å². The number of aliphatic hydroxyl groups is 1. The average Bonchev–Trinajstić information content (AvgIpc) is 2.56. The molecule has 0 bridgehead atoms. The largest absolute Gasteiger partial charge is 0.447 e. The van der Waals surface area contributed by atoms with E-state index < -0.39 is 29.5 Å². The van der Waals surface area contributed by atoms with Crippen molar-refractivity contribution < 1.29 is 29.1 Å². The first-order chi connectivity index (χ1) is 11.2. The van der Waals surface area contributed by atoms with Crippen molar-refractivity contribution in [1.82, 2.24) is 10.4 Å². The molecule has 0 saturated heterocycles. The summed E-state index contributed by atoms with van der Waals surface area (Å²) in [6, 6.07) is 8.43. The van der Waals surface area contributed by atoms with Gasteiger partial charge in [0, 0.05) is 19.5 Å². The van der Waals surface area contributed by atoms with Crippen LogP contribution < -0.4 is 5.32 Å². The van der Waals surface area contributed by atoms with E-state index in [2.05, 4.69) is 5.32 Å². The molecule has 0 aliphatic carbocycles. The molecule has 0 unspecified atom stereocenters. The number of hydrogen-bond donors (Lipinski definition) is 2. The molecular weight excluding hydrogens is 316 g/mol. The van der Waals surface area contributed by atoms with E-state index in [0.29, 0.717) is 5.56 Å². The van der Waals surface area contributed by atoms with Gasteiger partial charge in [-0.3, -0.25) is 19.2 Å². The lowest BCUT2D eigenvalue weighted by molar-refractivity contribution is -0.186. The first-order valence-electron chi connectivity index (χ1n) is 7.23. The van der Waals surface area contributed by atoms with E-state index >= 15 is 0 Å². The van der Waals surface area contributed by atoms with Gasteiger partial charge < -0.3 is 15.2 Å². The third-order valence-corrected chi connectivity index (χ3v) is 3.25. The number of likely N-dealkylation sites (N-methyl/N-ethyl adjacent to an activating group) is 1. The molecular formula is C16H22N2O6. The maximum absolute atomic E-state index is 12.3. The summed E-state index contributed by atoms with van der Waals surface area (Å²) in [5, 5.41) is 13.4. The molecule has 0 aromatic heterocycles. The van der Waals surface area contributed by atoms with Crippen molar-refractivity contribution in [2.75, 3.05) is 20.7 Å². The molecule has 0 aliphatic rings. The predicted octanol–water partition coefficient (Wildman–Crippen LogP) is 0.178. The lowest BCUT2D eigenvalue weighted by atomic mass is 10.1. The minimum atomic E-state index is -1.88. The maximum atomic E-state index is 12.3. The fourth-order valence-electron chi connectivity index (χ4n) is 1.92. The summed E-state index contributed by atoms with van der Waals surface area (Å²) in [4.78, 5) is 40.2. The standard InChI is InChI=1S/C16H22N2O6/c1-11(19)24-13(12-8-6-5-7-9-12)14(20)17-10-16(2,22)15(21)18(3)23-4/h5-9,13,22H,10H2,1-4H3,(H,17,20)/t13-,16-/m1/s1. The van der Waals surface area contributed by atoms with Crippen LogP contribution >= 0.6 is 0 Å². The summed E-state index contributed by atoms with van der Waals surface area (Å²) in [5.74, 6) is -2.00. The van der Waals surface area contributed by atoms with Crippen LogP contribution in [0.2, 0.25) is 0 Å². The van der Waals surface area contributed by atoms with E-state index in [1.54, 1.807) is 30.3 Å². The van der Waals surface area contributed by atoms with Gasteiger partial charge in [-0.15, -0.1) is 0 Å². The van der Waals surface area contributed by atoms with Gasteiger partial charge >= 0.3 is 5.97 Å². The number of carbonyl (C=O) groups is 3. The van der Waals surface area contributed by atoms with Gasteiger partial charge in [0.1, 0.15) is 0 Å². The zero-order valence-electron chi connectivity index (χ0n) is 14.1. The summed E-state index contributed by atoms with van der Waals surface area (Å²) in [6.07, 6.45) is -1.17. The lowest BCUT2D eigenvalue weighted by Gasteiger charge is -2.27. The predicted molar refractivity (Wildman–Crippen MR) is 84.4 cm³/mol.